The summed E-state index contributed by atoms with van der Waals surface area (Å²) < 4.78 is 13.2. The van der Waals surface area contributed by atoms with Crippen molar-refractivity contribution < 1.29 is 18.9 Å². The van der Waals surface area contributed by atoms with E-state index < -0.39 is 18.7 Å². The highest BCUT2D eigenvalue weighted by Crippen LogP contribution is 2.65. The van der Waals surface area contributed by atoms with Crippen LogP contribution < -0.4 is 11.1 Å². The lowest BCUT2D eigenvalue weighted by Gasteiger charge is -2.64. The first-order valence-electron chi connectivity index (χ1n) is 14.2. The highest BCUT2D eigenvalue weighted by molar-refractivity contribution is 6.47. The number of nitrogens with one attached hydrogen (secondary N) is 1. The number of nitrogens with zero attached hydrogens (tertiary/aromatic N) is 1. The van der Waals surface area contributed by atoms with E-state index in [1.54, 1.807) is 4.90 Å². The minimum Gasteiger partial charge on any atom is -0.404 e. The van der Waals surface area contributed by atoms with Gasteiger partial charge in [-0.2, -0.15) is 0 Å². The molecule has 3 aliphatic carbocycles. The maximum atomic E-state index is 14.0. The minimum atomic E-state index is -0.967. The third-order valence-corrected chi connectivity index (χ3v) is 10.4. The number of carbonyl (C=O) groups is 2. The average Bonchev–Trinajstić information content (AvgIpc) is 3.22. The SMILES string of the molecule is CC[C@H](NC(=O)[C@H](c1ccccc1)N1CCCC(N)(C(C)C)C1=O)B1OC2C[C@@H]3C[C@@H](C3(C)C)[C@]2(C)O1. The maximum absolute atomic E-state index is 14.0. The second-order valence-corrected chi connectivity index (χ2v) is 13.0. The Morgan fingerprint density at radius 3 is 2.54 bits per heavy atom. The molecule has 3 N–H and O–H groups in total. The number of carbonyl (C=O) groups excluding carboxylic acids is 2. The van der Waals surface area contributed by atoms with Crippen LogP contribution in [0.15, 0.2) is 30.3 Å². The molecule has 1 aromatic carbocycles. The van der Waals surface area contributed by atoms with Gasteiger partial charge in [0, 0.05) is 6.54 Å². The summed E-state index contributed by atoms with van der Waals surface area (Å²) >= 11 is 0. The smallest absolute Gasteiger partial charge is 0.404 e. The van der Waals surface area contributed by atoms with E-state index in [9.17, 15) is 9.59 Å². The van der Waals surface area contributed by atoms with Gasteiger partial charge in [-0.25, -0.2) is 0 Å². The fourth-order valence-electron chi connectivity index (χ4n) is 7.60. The number of amides is 2. The van der Waals surface area contributed by atoms with Gasteiger partial charge in [0.15, 0.2) is 0 Å². The summed E-state index contributed by atoms with van der Waals surface area (Å²) in [7, 11) is -0.503. The van der Waals surface area contributed by atoms with Crippen molar-refractivity contribution in [1.82, 2.24) is 10.2 Å². The van der Waals surface area contributed by atoms with Crippen molar-refractivity contribution in [1.29, 1.82) is 0 Å². The molecule has 5 aliphatic rings. The van der Waals surface area contributed by atoms with Crippen LogP contribution in [0.25, 0.3) is 0 Å². The van der Waals surface area contributed by atoms with Gasteiger partial charge in [0.05, 0.1) is 23.2 Å². The maximum Gasteiger partial charge on any atom is 0.481 e. The summed E-state index contributed by atoms with van der Waals surface area (Å²) in [6.07, 6.45) is 4.30. The number of likely N-dealkylation sites (tertiary alicyclic amines) is 1. The third kappa shape index (κ3) is 4.14. The lowest BCUT2D eigenvalue weighted by atomic mass is 9.43. The van der Waals surface area contributed by atoms with Crippen LogP contribution >= 0.6 is 0 Å². The van der Waals surface area contributed by atoms with Gasteiger partial charge >= 0.3 is 7.12 Å². The number of benzene rings is 1. The Morgan fingerprint density at radius 2 is 1.92 bits per heavy atom. The summed E-state index contributed by atoms with van der Waals surface area (Å²) in [5, 5.41) is 3.23. The lowest BCUT2D eigenvalue weighted by molar-refractivity contribution is -0.199. The van der Waals surface area contributed by atoms with Crippen LogP contribution in [0.3, 0.4) is 0 Å². The first kappa shape index (κ1) is 26.7. The molecule has 0 aromatic heterocycles. The molecule has 2 saturated heterocycles. The summed E-state index contributed by atoms with van der Waals surface area (Å²) in [5.41, 5.74) is 6.38. The van der Waals surface area contributed by atoms with Crippen LogP contribution in [-0.2, 0) is 18.9 Å². The van der Waals surface area contributed by atoms with E-state index in [-0.39, 0.29) is 40.8 Å². The standard InChI is InChI=1S/C29H44BN3O4/c1-7-23(30-36-22-17-20-16-21(27(20,4)5)28(22,6)37-30)32-25(34)24(19-12-9-8-10-13-19)33-15-11-14-29(31,18(2)3)26(33)35/h8-10,12-13,18,20-24H,7,11,14-17,31H2,1-6H3,(H,32,34)/t20-,21-,22?,23-,24-,28-,29?/m0/s1. The summed E-state index contributed by atoms with van der Waals surface area (Å²) in [4.78, 5) is 29.4. The molecule has 2 unspecified atom stereocenters. The summed E-state index contributed by atoms with van der Waals surface area (Å²) in [5.74, 6) is 0.423. The van der Waals surface area contributed by atoms with Crippen LogP contribution in [-0.4, -0.2) is 53.6 Å². The molecule has 7 nitrogen and oxygen atoms in total. The molecule has 5 fully saturated rings. The predicted octanol–water partition coefficient (Wildman–Crippen LogP) is 3.87. The van der Waals surface area contributed by atoms with Crippen LogP contribution in [0.5, 0.6) is 0 Å². The fraction of sp³-hybridized carbons (Fsp3) is 0.724. The summed E-state index contributed by atoms with van der Waals surface area (Å²) in [6.45, 7) is 13.4. The minimum absolute atomic E-state index is 0.0226. The molecule has 2 amide bonds. The van der Waals surface area contributed by atoms with Gasteiger partial charge in [-0.05, 0) is 67.8 Å². The molecule has 6 rings (SSSR count). The second-order valence-electron chi connectivity index (χ2n) is 13.0. The van der Waals surface area contributed by atoms with Crippen molar-refractivity contribution >= 4 is 18.9 Å². The van der Waals surface area contributed by atoms with E-state index in [2.05, 4.69) is 26.1 Å². The molecular weight excluding hydrogens is 465 g/mol. The molecule has 2 bridgehead atoms. The highest BCUT2D eigenvalue weighted by atomic mass is 16.7. The van der Waals surface area contributed by atoms with E-state index in [1.165, 1.54) is 6.42 Å². The van der Waals surface area contributed by atoms with Gasteiger partial charge in [0.25, 0.3) is 0 Å². The first-order valence-corrected chi connectivity index (χ1v) is 14.2. The number of nitrogens with two attached hydrogens (primary N) is 1. The highest BCUT2D eigenvalue weighted by Gasteiger charge is 2.68. The lowest BCUT2D eigenvalue weighted by Crippen LogP contribution is -2.65. The van der Waals surface area contributed by atoms with Crippen molar-refractivity contribution in [2.45, 2.75) is 103 Å². The van der Waals surface area contributed by atoms with Crippen LogP contribution in [0.2, 0.25) is 0 Å². The van der Waals surface area contributed by atoms with Crippen LogP contribution in [0, 0.1) is 23.2 Å². The Labute approximate surface area is 222 Å². The molecule has 0 spiro atoms. The number of hydrogen-bond acceptors (Lipinski definition) is 5. The molecule has 37 heavy (non-hydrogen) atoms. The van der Waals surface area contributed by atoms with Crippen LogP contribution in [0.1, 0.15) is 85.3 Å². The first-order chi connectivity index (χ1) is 17.4. The summed E-state index contributed by atoms with van der Waals surface area (Å²) in [6, 6.07) is 8.80. The van der Waals surface area contributed by atoms with Gasteiger partial charge in [-0.3, -0.25) is 9.59 Å². The van der Waals surface area contributed by atoms with Crippen LogP contribution in [0.4, 0.5) is 0 Å². The Morgan fingerprint density at radius 1 is 1.22 bits per heavy atom. The largest absolute Gasteiger partial charge is 0.481 e. The fourth-order valence-corrected chi connectivity index (χ4v) is 7.60. The Hall–Kier alpha value is -1.90. The molecule has 2 aliphatic heterocycles. The average molecular weight is 510 g/mol. The van der Waals surface area contributed by atoms with Gasteiger partial charge in [-0.15, -0.1) is 0 Å². The second kappa shape index (κ2) is 9.39. The molecule has 7 atom stereocenters. The number of piperidine rings is 1. The van der Waals surface area contributed by atoms with Crippen molar-refractivity contribution in [3.05, 3.63) is 35.9 Å². The molecule has 8 heteroatoms. The van der Waals surface area contributed by atoms with E-state index in [4.69, 9.17) is 15.0 Å². The predicted molar refractivity (Wildman–Crippen MR) is 144 cm³/mol. The number of hydrogen-bond donors (Lipinski definition) is 2. The molecule has 0 radical (unpaired) electrons. The van der Waals surface area contributed by atoms with Gasteiger partial charge in [-0.1, -0.05) is 65.0 Å². The van der Waals surface area contributed by atoms with E-state index in [1.807, 2.05) is 51.1 Å². The quantitative estimate of drug-likeness (QED) is 0.545. The van der Waals surface area contributed by atoms with Crippen molar-refractivity contribution in [2.75, 3.05) is 6.54 Å². The van der Waals surface area contributed by atoms with E-state index >= 15 is 0 Å². The van der Waals surface area contributed by atoms with Gasteiger partial charge in [0.2, 0.25) is 11.8 Å². The monoisotopic (exact) mass is 509 g/mol. The molecule has 3 saturated carbocycles. The zero-order chi connectivity index (χ0) is 26.8. The van der Waals surface area contributed by atoms with E-state index in [0.29, 0.717) is 31.2 Å². The normalized spacial score (nSPS) is 36.1. The Kier molecular flexibility index (Phi) is 6.77. The Bertz CT molecular complexity index is 1040. The van der Waals surface area contributed by atoms with E-state index in [0.717, 1.165) is 18.4 Å². The zero-order valence-corrected chi connectivity index (χ0v) is 23.3. The molecular formula is C29H44BN3O4. The topological polar surface area (TPSA) is 93.9 Å². The van der Waals surface area contributed by atoms with Gasteiger partial charge < -0.3 is 25.3 Å². The van der Waals surface area contributed by atoms with Crippen molar-refractivity contribution in [3.63, 3.8) is 0 Å². The van der Waals surface area contributed by atoms with Gasteiger partial charge in [0.1, 0.15) is 6.04 Å². The zero-order valence-electron chi connectivity index (χ0n) is 23.3. The molecule has 2 heterocycles. The molecule has 1 aromatic rings. The van der Waals surface area contributed by atoms with Crippen molar-refractivity contribution in [3.8, 4) is 0 Å². The van der Waals surface area contributed by atoms with Crippen molar-refractivity contribution in [2.24, 2.45) is 28.9 Å². The third-order valence-electron chi connectivity index (χ3n) is 10.4. The molecule has 202 valence electrons. The Balaban J connectivity index is 1.38. The number of rotatable bonds is 7.